The molecule has 0 saturated carbocycles. The van der Waals surface area contributed by atoms with Gasteiger partial charge in [0.05, 0.1) is 5.69 Å². The number of hydrogen-bond donors (Lipinski definition) is 0. The number of aromatic nitrogens is 3. The lowest BCUT2D eigenvalue weighted by atomic mass is 9.98. The van der Waals surface area contributed by atoms with Crippen molar-refractivity contribution >= 4 is 10.2 Å². The number of nitrogens with zero attached hydrogens (tertiary/aromatic N) is 5. The molecule has 0 bridgehead atoms. The van der Waals surface area contributed by atoms with E-state index in [9.17, 15) is 13.2 Å². The Bertz CT molecular complexity index is 920. The molecular weight excluding hydrogens is 354 g/mol. The Balaban J connectivity index is 1.98. The smallest absolute Gasteiger partial charge is 0.247 e. The molecule has 142 valence electrons. The highest BCUT2D eigenvalue weighted by atomic mass is 32.2. The molecule has 1 fully saturated rings. The van der Waals surface area contributed by atoms with Crippen LogP contribution in [-0.2, 0) is 17.3 Å². The van der Waals surface area contributed by atoms with Gasteiger partial charge in [-0.3, -0.25) is 0 Å². The third-order valence-electron chi connectivity index (χ3n) is 4.88. The summed E-state index contributed by atoms with van der Waals surface area (Å²) in [6.45, 7) is 3.05. The zero-order valence-electron chi connectivity index (χ0n) is 15.4. The van der Waals surface area contributed by atoms with Crippen molar-refractivity contribution in [2.24, 2.45) is 7.05 Å². The molecule has 1 aliphatic rings. The van der Waals surface area contributed by atoms with E-state index in [1.54, 1.807) is 18.7 Å². The molecule has 1 aromatic heterocycles. The summed E-state index contributed by atoms with van der Waals surface area (Å²) < 4.78 is 31.1. The van der Waals surface area contributed by atoms with E-state index < -0.39 is 10.2 Å². The number of hydrogen-bond acceptors (Lipinski definition) is 4. The van der Waals surface area contributed by atoms with Crippen molar-refractivity contribution in [1.29, 1.82) is 0 Å². The van der Waals surface area contributed by atoms with Crippen molar-refractivity contribution in [3.63, 3.8) is 0 Å². The summed E-state index contributed by atoms with van der Waals surface area (Å²) in [6.07, 6.45) is 1.53. The van der Waals surface area contributed by atoms with Crippen LogP contribution in [-0.4, -0.2) is 58.1 Å². The van der Waals surface area contributed by atoms with Crippen LogP contribution < -0.4 is 5.69 Å². The Morgan fingerprint density at radius 1 is 1.27 bits per heavy atom. The SMILES string of the molecule is CCN(C)S(=O)(=O)N1CCC[C@H](c2nn(C)c(=O)n2-c2ccccc2)C1. The lowest BCUT2D eigenvalue weighted by Crippen LogP contribution is -2.46. The summed E-state index contributed by atoms with van der Waals surface area (Å²) in [4.78, 5) is 12.6. The number of rotatable bonds is 5. The Kier molecular flexibility index (Phi) is 5.31. The van der Waals surface area contributed by atoms with Crippen LogP contribution in [0.4, 0.5) is 0 Å². The molecule has 0 radical (unpaired) electrons. The third-order valence-corrected chi connectivity index (χ3v) is 6.91. The molecule has 2 aromatic rings. The summed E-state index contributed by atoms with van der Waals surface area (Å²) in [5, 5.41) is 4.42. The number of piperidine rings is 1. The molecule has 0 aliphatic carbocycles. The molecule has 26 heavy (non-hydrogen) atoms. The summed E-state index contributed by atoms with van der Waals surface area (Å²) in [7, 11) is -0.288. The van der Waals surface area contributed by atoms with Crippen LogP contribution in [0.3, 0.4) is 0 Å². The van der Waals surface area contributed by atoms with Crippen LogP contribution in [0.1, 0.15) is 31.5 Å². The Morgan fingerprint density at radius 2 is 1.96 bits per heavy atom. The topological polar surface area (TPSA) is 80.4 Å². The molecule has 8 nitrogen and oxygen atoms in total. The van der Waals surface area contributed by atoms with E-state index in [0.29, 0.717) is 25.5 Å². The molecule has 2 heterocycles. The van der Waals surface area contributed by atoms with Crippen molar-refractivity contribution in [2.75, 3.05) is 26.7 Å². The first-order chi connectivity index (χ1) is 12.4. The summed E-state index contributed by atoms with van der Waals surface area (Å²) in [5.41, 5.74) is 0.517. The van der Waals surface area contributed by atoms with Gasteiger partial charge in [0.25, 0.3) is 10.2 Å². The lowest BCUT2D eigenvalue weighted by molar-refractivity contribution is 0.287. The quantitative estimate of drug-likeness (QED) is 0.775. The van der Waals surface area contributed by atoms with Crippen LogP contribution in [0, 0.1) is 0 Å². The Labute approximate surface area is 153 Å². The highest BCUT2D eigenvalue weighted by Crippen LogP contribution is 2.28. The van der Waals surface area contributed by atoms with Crippen LogP contribution in [0.25, 0.3) is 5.69 Å². The fourth-order valence-electron chi connectivity index (χ4n) is 3.29. The fourth-order valence-corrected chi connectivity index (χ4v) is 4.74. The minimum atomic E-state index is -3.49. The highest BCUT2D eigenvalue weighted by Gasteiger charge is 2.34. The van der Waals surface area contributed by atoms with Gasteiger partial charge in [-0.25, -0.2) is 14.0 Å². The minimum absolute atomic E-state index is 0.127. The number of aryl methyl sites for hydroxylation is 1. The summed E-state index contributed by atoms with van der Waals surface area (Å²) in [6, 6.07) is 9.34. The van der Waals surface area contributed by atoms with Gasteiger partial charge in [-0.15, -0.1) is 0 Å². The van der Waals surface area contributed by atoms with Gasteiger partial charge < -0.3 is 0 Å². The molecule has 0 spiro atoms. The second-order valence-corrected chi connectivity index (χ2v) is 8.59. The first-order valence-electron chi connectivity index (χ1n) is 8.79. The van der Waals surface area contributed by atoms with Crippen LogP contribution in [0.5, 0.6) is 0 Å². The average Bonchev–Trinajstić information content (AvgIpc) is 2.96. The second kappa shape index (κ2) is 7.34. The molecule has 9 heteroatoms. The van der Waals surface area contributed by atoms with E-state index in [4.69, 9.17) is 0 Å². The normalized spacial score (nSPS) is 19.2. The predicted molar refractivity (Wildman–Crippen MR) is 99.6 cm³/mol. The molecule has 1 atom stereocenters. The maximum Gasteiger partial charge on any atom is 0.350 e. The maximum absolute atomic E-state index is 12.7. The highest BCUT2D eigenvalue weighted by molar-refractivity contribution is 7.86. The van der Waals surface area contributed by atoms with Crippen molar-refractivity contribution in [3.05, 3.63) is 46.6 Å². The number of para-hydroxylation sites is 1. The predicted octanol–water partition coefficient (Wildman–Crippen LogP) is 0.947. The average molecular weight is 379 g/mol. The van der Waals surface area contributed by atoms with Crippen molar-refractivity contribution in [3.8, 4) is 5.69 Å². The van der Waals surface area contributed by atoms with E-state index in [-0.39, 0.29) is 11.6 Å². The number of benzene rings is 1. The van der Waals surface area contributed by atoms with Gasteiger partial charge in [-0.1, -0.05) is 25.1 Å². The van der Waals surface area contributed by atoms with Crippen LogP contribution in [0.2, 0.25) is 0 Å². The monoisotopic (exact) mass is 379 g/mol. The molecule has 0 amide bonds. The van der Waals surface area contributed by atoms with Gasteiger partial charge in [-0.2, -0.15) is 22.1 Å². The van der Waals surface area contributed by atoms with E-state index in [0.717, 1.165) is 18.5 Å². The molecule has 1 aromatic carbocycles. The van der Waals surface area contributed by atoms with Crippen LogP contribution >= 0.6 is 0 Å². The zero-order chi connectivity index (χ0) is 18.9. The van der Waals surface area contributed by atoms with E-state index >= 15 is 0 Å². The first-order valence-corrected chi connectivity index (χ1v) is 10.2. The van der Waals surface area contributed by atoms with Gasteiger partial charge in [0, 0.05) is 39.6 Å². The maximum atomic E-state index is 12.7. The molecule has 1 saturated heterocycles. The van der Waals surface area contributed by atoms with Gasteiger partial charge in [-0.05, 0) is 25.0 Å². The van der Waals surface area contributed by atoms with Gasteiger partial charge in [0.2, 0.25) is 0 Å². The van der Waals surface area contributed by atoms with E-state index in [2.05, 4.69) is 5.10 Å². The molecule has 3 rings (SSSR count). The first kappa shape index (κ1) is 18.8. The Morgan fingerprint density at radius 3 is 2.62 bits per heavy atom. The molecule has 1 aliphatic heterocycles. The standard InChI is InChI=1S/C17H25N5O3S/c1-4-19(2)26(24,25)21-12-8-9-14(13-21)16-18-20(3)17(23)22(16)15-10-6-5-7-11-15/h5-7,10-11,14H,4,8-9,12-13H2,1-3H3/t14-/m0/s1. The third kappa shape index (κ3) is 3.34. The molecular formula is C17H25N5O3S. The van der Waals surface area contributed by atoms with Gasteiger partial charge in [0.15, 0.2) is 0 Å². The Hall–Kier alpha value is -1.97. The fraction of sp³-hybridized carbons (Fsp3) is 0.529. The molecule has 0 N–H and O–H groups in total. The van der Waals surface area contributed by atoms with E-state index in [1.165, 1.54) is 13.3 Å². The molecule has 0 unspecified atom stereocenters. The van der Waals surface area contributed by atoms with E-state index in [1.807, 2.05) is 37.3 Å². The van der Waals surface area contributed by atoms with Crippen LogP contribution in [0.15, 0.2) is 35.1 Å². The van der Waals surface area contributed by atoms with Crippen molar-refractivity contribution in [2.45, 2.75) is 25.7 Å². The lowest BCUT2D eigenvalue weighted by Gasteiger charge is -2.33. The van der Waals surface area contributed by atoms with Gasteiger partial charge >= 0.3 is 5.69 Å². The summed E-state index contributed by atoms with van der Waals surface area (Å²) >= 11 is 0. The zero-order valence-corrected chi connectivity index (χ0v) is 16.2. The van der Waals surface area contributed by atoms with Gasteiger partial charge in [0.1, 0.15) is 5.82 Å². The largest absolute Gasteiger partial charge is 0.350 e. The second-order valence-electron chi connectivity index (χ2n) is 6.55. The minimum Gasteiger partial charge on any atom is -0.247 e. The van der Waals surface area contributed by atoms with Crippen molar-refractivity contribution in [1.82, 2.24) is 23.0 Å². The van der Waals surface area contributed by atoms with Crippen molar-refractivity contribution < 1.29 is 8.42 Å². The summed E-state index contributed by atoms with van der Waals surface area (Å²) in [5.74, 6) is 0.487.